The molecule has 0 aliphatic carbocycles. The minimum Gasteiger partial charge on any atom is -0.380 e. The van der Waals surface area contributed by atoms with Crippen molar-refractivity contribution in [2.75, 3.05) is 47.9 Å². The summed E-state index contributed by atoms with van der Waals surface area (Å²) in [4.78, 5) is 4.56. The molecule has 0 saturated carbocycles. The Hall–Kier alpha value is -0.940. The second kappa shape index (κ2) is 9.08. The van der Waals surface area contributed by atoms with Crippen molar-refractivity contribution >= 4 is 0 Å². The molecule has 1 aromatic rings. The molecule has 114 valence electrons. The topological polar surface area (TPSA) is 41.7 Å². The summed E-state index contributed by atoms with van der Waals surface area (Å²) in [5.74, 6) is 0. The molecule has 1 rings (SSSR count). The molecule has 0 amide bonds. The third kappa shape index (κ3) is 5.21. The number of nitrogens with two attached hydrogens (primary N) is 1. The van der Waals surface area contributed by atoms with Crippen LogP contribution in [0.15, 0.2) is 24.3 Å². The molecule has 1 unspecified atom stereocenters. The van der Waals surface area contributed by atoms with E-state index in [0.717, 1.165) is 19.5 Å². The predicted molar refractivity (Wildman–Crippen MR) is 84.8 cm³/mol. The number of hydrogen-bond donors (Lipinski definition) is 1. The number of nitrogens with zero attached hydrogens (tertiary/aromatic N) is 2. The van der Waals surface area contributed by atoms with Crippen LogP contribution in [-0.2, 0) is 11.3 Å². The second-order valence-corrected chi connectivity index (χ2v) is 5.52. The van der Waals surface area contributed by atoms with Gasteiger partial charge in [-0.1, -0.05) is 24.3 Å². The second-order valence-electron chi connectivity index (χ2n) is 5.52. The normalized spacial score (nSPS) is 13.2. The standard InChI is InChI=1S/C16H29N3O/c1-18(2)10-7-11-19(3)16(12-17)15-9-6-5-8-14(15)13-20-4/h5-6,8-9,16H,7,10-13,17H2,1-4H3. The van der Waals surface area contributed by atoms with Gasteiger partial charge in [-0.15, -0.1) is 0 Å². The fraction of sp³-hybridized carbons (Fsp3) is 0.625. The fourth-order valence-electron chi connectivity index (χ4n) is 2.48. The van der Waals surface area contributed by atoms with Crippen LogP contribution in [0, 0.1) is 0 Å². The molecule has 2 N–H and O–H groups in total. The van der Waals surface area contributed by atoms with Crippen LogP contribution in [0.4, 0.5) is 0 Å². The monoisotopic (exact) mass is 279 g/mol. The molecule has 0 fully saturated rings. The van der Waals surface area contributed by atoms with Crippen molar-refractivity contribution in [3.8, 4) is 0 Å². The molecular weight excluding hydrogens is 250 g/mol. The molecule has 4 heteroatoms. The van der Waals surface area contributed by atoms with Crippen LogP contribution in [0.3, 0.4) is 0 Å². The van der Waals surface area contributed by atoms with E-state index in [2.05, 4.69) is 55.2 Å². The Morgan fingerprint density at radius 3 is 2.45 bits per heavy atom. The van der Waals surface area contributed by atoms with Gasteiger partial charge in [0.25, 0.3) is 0 Å². The number of ether oxygens (including phenoxy) is 1. The largest absolute Gasteiger partial charge is 0.380 e. The fourth-order valence-corrected chi connectivity index (χ4v) is 2.48. The van der Waals surface area contributed by atoms with Gasteiger partial charge in [-0.25, -0.2) is 0 Å². The Morgan fingerprint density at radius 1 is 1.15 bits per heavy atom. The van der Waals surface area contributed by atoms with E-state index in [-0.39, 0.29) is 6.04 Å². The molecule has 1 atom stereocenters. The van der Waals surface area contributed by atoms with Crippen LogP contribution in [0.25, 0.3) is 0 Å². The summed E-state index contributed by atoms with van der Waals surface area (Å²) in [6.07, 6.45) is 1.15. The van der Waals surface area contributed by atoms with Crippen molar-refractivity contribution < 1.29 is 4.74 Å². The van der Waals surface area contributed by atoms with E-state index in [0.29, 0.717) is 13.2 Å². The van der Waals surface area contributed by atoms with Gasteiger partial charge >= 0.3 is 0 Å². The minimum absolute atomic E-state index is 0.253. The summed E-state index contributed by atoms with van der Waals surface area (Å²) < 4.78 is 5.29. The summed E-state index contributed by atoms with van der Waals surface area (Å²) in [6, 6.07) is 8.66. The smallest absolute Gasteiger partial charge is 0.0716 e. The van der Waals surface area contributed by atoms with E-state index < -0.39 is 0 Å². The van der Waals surface area contributed by atoms with Crippen LogP contribution in [0.2, 0.25) is 0 Å². The highest BCUT2D eigenvalue weighted by Crippen LogP contribution is 2.23. The third-order valence-electron chi connectivity index (χ3n) is 3.59. The maximum atomic E-state index is 6.01. The highest BCUT2D eigenvalue weighted by molar-refractivity contribution is 5.30. The number of methoxy groups -OCH3 is 1. The Morgan fingerprint density at radius 2 is 1.85 bits per heavy atom. The van der Waals surface area contributed by atoms with Crippen LogP contribution in [-0.4, -0.2) is 57.7 Å². The van der Waals surface area contributed by atoms with Gasteiger partial charge < -0.3 is 15.4 Å². The molecule has 0 aliphatic heterocycles. The SMILES string of the molecule is COCc1ccccc1C(CN)N(C)CCCN(C)C. The summed E-state index contributed by atoms with van der Waals surface area (Å²) >= 11 is 0. The van der Waals surface area contributed by atoms with E-state index in [4.69, 9.17) is 10.5 Å². The van der Waals surface area contributed by atoms with Gasteiger partial charge in [0, 0.05) is 19.7 Å². The van der Waals surface area contributed by atoms with Crippen molar-refractivity contribution in [1.29, 1.82) is 0 Å². The quantitative estimate of drug-likeness (QED) is 0.747. The van der Waals surface area contributed by atoms with Gasteiger partial charge in [0.2, 0.25) is 0 Å². The number of rotatable bonds is 9. The minimum atomic E-state index is 0.253. The van der Waals surface area contributed by atoms with Gasteiger partial charge in [0.05, 0.1) is 6.61 Å². The molecule has 20 heavy (non-hydrogen) atoms. The van der Waals surface area contributed by atoms with Crippen LogP contribution >= 0.6 is 0 Å². The lowest BCUT2D eigenvalue weighted by molar-refractivity contribution is 0.179. The van der Waals surface area contributed by atoms with Gasteiger partial charge in [0.15, 0.2) is 0 Å². The van der Waals surface area contributed by atoms with Crippen molar-refractivity contribution in [3.05, 3.63) is 35.4 Å². The van der Waals surface area contributed by atoms with Gasteiger partial charge in [-0.2, -0.15) is 0 Å². The molecule has 0 bridgehead atoms. The first-order valence-corrected chi connectivity index (χ1v) is 7.22. The van der Waals surface area contributed by atoms with E-state index in [1.54, 1.807) is 7.11 Å². The molecule has 0 spiro atoms. The molecule has 0 aliphatic rings. The lowest BCUT2D eigenvalue weighted by Crippen LogP contribution is -2.33. The lowest BCUT2D eigenvalue weighted by atomic mass is 9.99. The van der Waals surface area contributed by atoms with E-state index in [1.165, 1.54) is 11.1 Å². The Kier molecular flexibility index (Phi) is 7.77. The molecule has 4 nitrogen and oxygen atoms in total. The zero-order valence-electron chi connectivity index (χ0n) is 13.3. The predicted octanol–water partition coefficient (Wildman–Crippen LogP) is 1.72. The van der Waals surface area contributed by atoms with Crippen LogP contribution in [0.1, 0.15) is 23.6 Å². The summed E-state index contributed by atoms with van der Waals surface area (Å²) in [5.41, 5.74) is 8.52. The molecule has 0 radical (unpaired) electrons. The van der Waals surface area contributed by atoms with Gasteiger partial charge in [-0.3, -0.25) is 4.90 Å². The first kappa shape index (κ1) is 17.1. The highest BCUT2D eigenvalue weighted by Gasteiger charge is 2.18. The molecule has 0 heterocycles. The van der Waals surface area contributed by atoms with Crippen LogP contribution < -0.4 is 5.73 Å². The van der Waals surface area contributed by atoms with Crippen molar-refractivity contribution in [1.82, 2.24) is 9.80 Å². The highest BCUT2D eigenvalue weighted by atomic mass is 16.5. The number of benzene rings is 1. The first-order chi connectivity index (χ1) is 9.60. The average Bonchev–Trinajstić information content (AvgIpc) is 2.41. The Balaban J connectivity index is 2.73. The van der Waals surface area contributed by atoms with Crippen molar-refractivity contribution in [2.45, 2.75) is 19.1 Å². The maximum Gasteiger partial charge on any atom is 0.0716 e. The Labute approximate surface area is 123 Å². The molecular formula is C16H29N3O. The number of hydrogen-bond acceptors (Lipinski definition) is 4. The molecule has 0 saturated heterocycles. The van der Waals surface area contributed by atoms with Crippen molar-refractivity contribution in [3.63, 3.8) is 0 Å². The first-order valence-electron chi connectivity index (χ1n) is 7.22. The Bertz CT molecular complexity index is 382. The van der Waals surface area contributed by atoms with E-state index in [9.17, 15) is 0 Å². The molecule has 0 aromatic heterocycles. The average molecular weight is 279 g/mol. The summed E-state index contributed by atoms with van der Waals surface area (Å²) in [7, 11) is 8.09. The van der Waals surface area contributed by atoms with E-state index >= 15 is 0 Å². The molecule has 1 aromatic carbocycles. The maximum absolute atomic E-state index is 6.01. The zero-order chi connectivity index (χ0) is 15.0. The number of likely N-dealkylation sites (N-methyl/N-ethyl adjacent to an activating group) is 1. The van der Waals surface area contributed by atoms with Crippen molar-refractivity contribution in [2.24, 2.45) is 5.73 Å². The van der Waals surface area contributed by atoms with Gasteiger partial charge in [0.1, 0.15) is 0 Å². The lowest BCUT2D eigenvalue weighted by Gasteiger charge is -2.29. The summed E-state index contributed by atoms with van der Waals surface area (Å²) in [5, 5.41) is 0. The van der Waals surface area contributed by atoms with Gasteiger partial charge in [-0.05, 0) is 51.8 Å². The van der Waals surface area contributed by atoms with Crippen LogP contribution in [0.5, 0.6) is 0 Å². The zero-order valence-corrected chi connectivity index (χ0v) is 13.3. The summed E-state index contributed by atoms with van der Waals surface area (Å²) in [6.45, 7) is 3.40. The van der Waals surface area contributed by atoms with E-state index in [1.807, 2.05) is 0 Å². The third-order valence-corrected chi connectivity index (χ3v) is 3.59.